The highest BCUT2D eigenvalue weighted by atomic mass is 16.5. The molecule has 1 fully saturated rings. The Morgan fingerprint density at radius 3 is 1.62 bits per heavy atom. The molecule has 6 rings (SSSR count). The molecule has 1 aliphatic rings. The Labute approximate surface area is 373 Å². The summed E-state index contributed by atoms with van der Waals surface area (Å²) >= 11 is 0. The highest BCUT2D eigenvalue weighted by Crippen LogP contribution is 2.31. The Morgan fingerprint density at radius 1 is 0.594 bits per heavy atom. The molecule has 64 heavy (non-hydrogen) atoms. The normalized spacial score (nSPS) is 10.3. The van der Waals surface area contributed by atoms with Gasteiger partial charge in [-0.2, -0.15) is 5.26 Å². The lowest BCUT2D eigenvalue weighted by atomic mass is 10.0. The van der Waals surface area contributed by atoms with Gasteiger partial charge in [0.1, 0.15) is 23.1 Å². The van der Waals surface area contributed by atoms with Gasteiger partial charge in [0.05, 0.1) is 13.2 Å². The summed E-state index contributed by atoms with van der Waals surface area (Å²) in [6.07, 6.45) is 4.49. The highest BCUT2D eigenvalue weighted by Gasteiger charge is 2.19. The molecule has 1 saturated heterocycles. The van der Waals surface area contributed by atoms with Crippen molar-refractivity contribution in [3.05, 3.63) is 236 Å². The van der Waals surface area contributed by atoms with E-state index in [1.165, 1.54) is 5.56 Å². The molecule has 0 aliphatic carbocycles. The molecule has 304 valence electrons. The maximum atomic E-state index is 9.95. The van der Waals surface area contributed by atoms with Crippen LogP contribution in [0.3, 0.4) is 0 Å². The maximum Gasteiger partial charge on any atom is 0.233 e. The van der Waals surface area contributed by atoms with Gasteiger partial charge in [0.25, 0.3) is 0 Å². The van der Waals surface area contributed by atoms with E-state index in [2.05, 4.69) is 174 Å². The summed E-state index contributed by atoms with van der Waals surface area (Å²) in [6, 6.07) is 32.6. The predicted octanol–water partition coefficient (Wildman–Crippen LogP) is 10.9. The Kier molecular flexibility index (Phi) is 19.7. The van der Waals surface area contributed by atoms with Crippen LogP contribution < -0.4 is 4.74 Å². The number of hydrogen-bond acceptors (Lipinski definition) is 7. The Balaban J connectivity index is 0.000000312. The SMILES string of the molecule is C=C=C=C=C=C=C=C=C=C=C=C=C=C=C=C=C=C=C=C=C.N#Cc1c(-c2ccccc2)ccnc1OCc1nc(-c2ccc(-c3ccccc3)cc2)c(CCCCN2CCOCC2)o1. The van der Waals surface area contributed by atoms with E-state index in [4.69, 9.17) is 18.9 Å². The molecular weight excluding hydrogens is 789 g/mol. The van der Waals surface area contributed by atoms with Gasteiger partial charge in [-0.1, -0.05) is 96.4 Å². The number of pyridine rings is 1. The smallest absolute Gasteiger partial charge is 0.233 e. The number of rotatable bonds is 11. The summed E-state index contributed by atoms with van der Waals surface area (Å²) < 4.78 is 17.8. The molecule has 0 radical (unpaired) electrons. The molecule has 0 spiro atoms. The Morgan fingerprint density at radius 2 is 1.09 bits per heavy atom. The van der Waals surface area contributed by atoms with Gasteiger partial charge in [-0.3, -0.25) is 4.90 Å². The fourth-order valence-electron chi connectivity index (χ4n) is 5.96. The average Bonchev–Trinajstić information content (AvgIpc) is 3.77. The van der Waals surface area contributed by atoms with E-state index in [0.717, 1.165) is 85.8 Å². The van der Waals surface area contributed by atoms with E-state index < -0.39 is 0 Å². The minimum Gasteiger partial charge on any atom is -0.467 e. The van der Waals surface area contributed by atoms with Crippen molar-refractivity contribution in [3.63, 3.8) is 0 Å². The second-order valence-electron chi connectivity index (χ2n) is 13.0. The molecule has 7 heteroatoms. The molecular formula is C57H38N4O3. The number of nitriles is 1. The molecule has 0 bridgehead atoms. The number of oxazole rings is 1. The number of nitrogens with zero attached hydrogens (tertiary/aromatic N) is 4. The van der Waals surface area contributed by atoms with Crippen LogP contribution in [0.5, 0.6) is 5.88 Å². The molecule has 5 aromatic rings. The van der Waals surface area contributed by atoms with Gasteiger partial charge < -0.3 is 13.9 Å². The van der Waals surface area contributed by atoms with Crippen molar-refractivity contribution in [1.29, 1.82) is 5.26 Å². The van der Waals surface area contributed by atoms with Crippen molar-refractivity contribution >= 4 is 0 Å². The number of benzene rings is 3. The second kappa shape index (κ2) is 27.5. The predicted molar refractivity (Wildman–Crippen MR) is 244 cm³/mol. The first-order valence-electron chi connectivity index (χ1n) is 20.0. The van der Waals surface area contributed by atoms with E-state index in [9.17, 15) is 5.26 Å². The zero-order chi connectivity index (χ0) is 44.7. The van der Waals surface area contributed by atoms with Crippen LogP contribution in [0, 0.1) is 11.3 Å². The maximum absolute atomic E-state index is 9.95. The van der Waals surface area contributed by atoms with Crippen LogP contribution in [0.2, 0.25) is 0 Å². The van der Waals surface area contributed by atoms with Crippen LogP contribution in [-0.2, 0) is 17.8 Å². The highest BCUT2D eigenvalue weighted by molar-refractivity contribution is 5.72. The molecule has 2 aromatic heterocycles. The number of aromatic nitrogens is 2. The molecule has 1 aliphatic heterocycles. The van der Waals surface area contributed by atoms with Crippen molar-refractivity contribution in [2.24, 2.45) is 0 Å². The second-order valence-corrected chi connectivity index (χ2v) is 13.0. The molecule has 0 N–H and O–H groups in total. The molecule has 7 nitrogen and oxygen atoms in total. The number of morpholine rings is 1. The summed E-state index contributed by atoms with van der Waals surface area (Å²) in [7, 11) is 0. The largest absolute Gasteiger partial charge is 0.467 e. The third-order valence-electron chi connectivity index (χ3n) is 8.86. The van der Waals surface area contributed by atoms with Crippen molar-refractivity contribution < 1.29 is 13.9 Å². The first-order chi connectivity index (χ1) is 31.7. The third kappa shape index (κ3) is 15.8. The van der Waals surface area contributed by atoms with Gasteiger partial charge in [-0.05, 0) is 147 Å². The topological polar surface area (TPSA) is 84.4 Å². The Hall–Kier alpha value is -9.21. The van der Waals surface area contributed by atoms with Gasteiger partial charge in [0.2, 0.25) is 11.8 Å². The van der Waals surface area contributed by atoms with E-state index in [0.29, 0.717) is 11.5 Å². The first-order valence-corrected chi connectivity index (χ1v) is 20.0. The van der Waals surface area contributed by atoms with Gasteiger partial charge in [-0.15, -0.1) is 0 Å². The molecule has 0 amide bonds. The van der Waals surface area contributed by atoms with Crippen molar-refractivity contribution in [3.8, 4) is 45.5 Å². The number of ether oxygens (including phenoxy) is 2. The first kappa shape index (κ1) is 45.9. The van der Waals surface area contributed by atoms with Crippen molar-refractivity contribution in [2.75, 3.05) is 32.8 Å². The molecule has 0 saturated carbocycles. The minimum absolute atomic E-state index is 0.0722. The minimum atomic E-state index is 0.0722. The number of hydrogen-bond donors (Lipinski definition) is 0. The van der Waals surface area contributed by atoms with Crippen molar-refractivity contribution in [2.45, 2.75) is 25.9 Å². The quantitative estimate of drug-likeness (QED) is 0.0968. The van der Waals surface area contributed by atoms with Gasteiger partial charge in [0.15, 0.2) is 6.61 Å². The van der Waals surface area contributed by atoms with E-state index in [-0.39, 0.29) is 12.5 Å². The summed E-state index contributed by atoms with van der Waals surface area (Å²) in [5, 5.41) is 9.95. The summed E-state index contributed by atoms with van der Waals surface area (Å²) in [6.45, 7) is 11.3. The molecule has 0 unspecified atom stereocenters. The van der Waals surface area contributed by atoms with E-state index >= 15 is 0 Å². The monoisotopic (exact) mass is 826 g/mol. The molecule has 3 heterocycles. The zero-order valence-electron chi connectivity index (χ0n) is 35.0. The molecule has 0 atom stereocenters. The summed E-state index contributed by atoms with van der Waals surface area (Å²) in [5.41, 5.74) is 53.2. The number of aryl methyl sites for hydroxylation is 1. The van der Waals surface area contributed by atoms with Crippen LogP contribution in [-0.4, -0.2) is 47.7 Å². The Bertz CT molecular complexity index is 3120. The standard InChI is InChI=1S/C36H34N4O3.C21H4/c37-25-32-31(29-11-5-2-6-12-29)18-19-38-36(32)42-26-34-39-35(30-16-14-28(15-17-30)27-9-3-1-4-10-27)33(43-34)13-7-8-20-40-21-23-41-24-22-40;1-3-5-7-9-11-13-15-17-19-21-20-18-16-14-12-10-8-6-4-2/h1-6,9-12,14-19H,7-8,13,20-24,26H2;1-2H2. The van der Waals surface area contributed by atoms with E-state index in [1.54, 1.807) is 6.20 Å². The van der Waals surface area contributed by atoms with Crippen molar-refractivity contribution in [1.82, 2.24) is 14.9 Å². The fourth-order valence-corrected chi connectivity index (χ4v) is 5.96. The van der Waals surface area contributed by atoms with Gasteiger partial charge in [-0.25, -0.2) is 9.97 Å². The summed E-state index contributed by atoms with van der Waals surface area (Å²) in [4.78, 5) is 11.7. The zero-order valence-corrected chi connectivity index (χ0v) is 35.0. The lowest BCUT2D eigenvalue weighted by Gasteiger charge is -2.26. The lowest BCUT2D eigenvalue weighted by molar-refractivity contribution is 0.0371. The molecule has 3 aromatic carbocycles. The van der Waals surface area contributed by atoms with Crippen LogP contribution in [0.25, 0.3) is 33.5 Å². The van der Waals surface area contributed by atoms with Crippen LogP contribution >= 0.6 is 0 Å². The van der Waals surface area contributed by atoms with Crippen LogP contribution in [0.4, 0.5) is 0 Å². The van der Waals surface area contributed by atoms with Gasteiger partial charge >= 0.3 is 0 Å². The van der Waals surface area contributed by atoms with E-state index in [1.807, 2.05) is 54.6 Å². The third-order valence-corrected chi connectivity index (χ3v) is 8.86. The fraction of sp³-hybridized carbons (Fsp3) is 0.158. The average molecular weight is 827 g/mol. The summed E-state index contributed by atoms with van der Waals surface area (Å²) in [5.74, 6) is 1.57. The lowest BCUT2D eigenvalue weighted by Crippen LogP contribution is -2.36. The number of unbranched alkanes of at least 4 members (excludes halogenated alkanes) is 1. The van der Waals surface area contributed by atoms with Crippen LogP contribution in [0.15, 0.2) is 224 Å². The van der Waals surface area contributed by atoms with Crippen LogP contribution in [0.1, 0.15) is 30.1 Å². The van der Waals surface area contributed by atoms with Gasteiger partial charge in [0, 0.05) is 42.6 Å².